The van der Waals surface area contributed by atoms with Crippen LogP contribution in [0.25, 0.3) is 10.9 Å². The highest BCUT2D eigenvalue weighted by atomic mass is 32.2. The lowest BCUT2D eigenvalue weighted by atomic mass is 9.97. The molecule has 8 heteroatoms. The van der Waals surface area contributed by atoms with E-state index in [0.29, 0.717) is 28.4 Å². The molecule has 1 N–H and O–H groups in total. The van der Waals surface area contributed by atoms with Crippen LogP contribution < -0.4 is 10.9 Å². The van der Waals surface area contributed by atoms with Crippen molar-refractivity contribution in [2.75, 3.05) is 5.32 Å². The molecule has 4 rings (SSSR count). The highest BCUT2D eigenvalue weighted by molar-refractivity contribution is 8.00. The lowest BCUT2D eigenvalue weighted by molar-refractivity contribution is -0.115. The predicted octanol–water partition coefficient (Wildman–Crippen LogP) is 5.18. The third-order valence-corrected chi connectivity index (χ3v) is 7.02. The summed E-state index contributed by atoms with van der Waals surface area (Å²) in [5, 5.41) is 7.99. The fourth-order valence-corrected chi connectivity index (χ4v) is 5.02. The number of aromatic nitrogens is 4. The molecular formula is C25H31N5O2S. The van der Waals surface area contributed by atoms with Gasteiger partial charge in [-0.25, -0.2) is 9.67 Å². The lowest BCUT2D eigenvalue weighted by Gasteiger charge is -2.18. The molecule has 0 saturated heterocycles. The Labute approximate surface area is 198 Å². The van der Waals surface area contributed by atoms with Crippen molar-refractivity contribution >= 4 is 34.4 Å². The van der Waals surface area contributed by atoms with Gasteiger partial charge in [-0.15, -0.1) is 0 Å². The van der Waals surface area contributed by atoms with Crippen molar-refractivity contribution in [3.05, 3.63) is 58.5 Å². The van der Waals surface area contributed by atoms with Gasteiger partial charge < -0.3 is 5.32 Å². The molecule has 1 atom stereocenters. The number of fused-ring (bicyclic) bond motifs is 1. The molecule has 2 heterocycles. The molecule has 1 amide bonds. The van der Waals surface area contributed by atoms with Gasteiger partial charge in [-0.05, 0) is 65.0 Å². The number of thioether (sulfide) groups is 1. The van der Waals surface area contributed by atoms with Gasteiger partial charge in [0.2, 0.25) is 5.91 Å². The molecule has 3 aromatic rings. The maximum Gasteiger partial charge on any atom is 0.262 e. The van der Waals surface area contributed by atoms with Gasteiger partial charge in [-0.1, -0.05) is 35.5 Å². The maximum absolute atomic E-state index is 13.3. The molecule has 1 aromatic carbocycles. The Balaban J connectivity index is 1.58. The summed E-state index contributed by atoms with van der Waals surface area (Å²) in [6, 6.07) is 9.33. The van der Waals surface area contributed by atoms with Gasteiger partial charge in [0, 0.05) is 18.7 Å². The van der Waals surface area contributed by atoms with Gasteiger partial charge in [-0.2, -0.15) is 5.10 Å². The van der Waals surface area contributed by atoms with Crippen LogP contribution in [-0.2, 0) is 11.3 Å². The number of carbonyl (C=O) groups excluding carboxylic acids is 1. The van der Waals surface area contributed by atoms with Gasteiger partial charge >= 0.3 is 0 Å². The summed E-state index contributed by atoms with van der Waals surface area (Å²) in [5.41, 5.74) is 2.01. The van der Waals surface area contributed by atoms with Crippen molar-refractivity contribution in [1.29, 1.82) is 0 Å². The molecule has 1 aliphatic carbocycles. The zero-order valence-corrected chi connectivity index (χ0v) is 20.3. The van der Waals surface area contributed by atoms with E-state index in [2.05, 4.69) is 16.5 Å². The number of benzene rings is 1. The van der Waals surface area contributed by atoms with E-state index in [1.165, 1.54) is 30.2 Å². The molecule has 1 unspecified atom stereocenters. The van der Waals surface area contributed by atoms with Crippen molar-refractivity contribution in [2.24, 2.45) is 0 Å². The van der Waals surface area contributed by atoms with Gasteiger partial charge in [0.1, 0.15) is 5.82 Å². The Hall–Kier alpha value is -2.87. The number of allylic oxidation sites excluding steroid dienone is 2. The first-order valence-corrected chi connectivity index (χ1v) is 12.5. The molecule has 7 nitrogen and oxygen atoms in total. The molecule has 0 spiro atoms. The van der Waals surface area contributed by atoms with E-state index >= 15 is 0 Å². The van der Waals surface area contributed by atoms with E-state index in [1.807, 2.05) is 45.0 Å². The molecule has 0 fully saturated rings. The molecule has 0 radical (unpaired) electrons. The first-order chi connectivity index (χ1) is 15.9. The standard InChI is InChI=1S/C25H31N5O2S/c1-17(2)30-22(13-15-26-30)28-23(31)18(3)33-25-27-21-12-8-7-11-20(21)24(32)29(25)16-14-19-9-5-4-6-10-19/h7-9,11-13,15,17-18H,4-6,10,14,16H2,1-3H3,(H,28,31). The molecule has 0 bridgehead atoms. The van der Waals surface area contributed by atoms with Crippen molar-refractivity contribution < 1.29 is 4.79 Å². The minimum atomic E-state index is -0.436. The van der Waals surface area contributed by atoms with Crippen LogP contribution in [-0.4, -0.2) is 30.5 Å². The fraction of sp³-hybridized carbons (Fsp3) is 0.440. The molecule has 33 heavy (non-hydrogen) atoms. The molecule has 0 aliphatic heterocycles. The predicted molar refractivity (Wildman–Crippen MR) is 134 cm³/mol. The van der Waals surface area contributed by atoms with Crippen LogP contribution >= 0.6 is 11.8 Å². The van der Waals surface area contributed by atoms with Crippen molar-refractivity contribution in [3.63, 3.8) is 0 Å². The summed E-state index contributed by atoms with van der Waals surface area (Å²) in [6.07, 6.45) is 9.49. The highest BCUT2D eigenvalue weighted by Crippen LogP contribution is 2.26. The number of carbonyl (C=O) groups is 1. The number of para-hydroxylation sites is 1. The first kappa shape index (κ1) is 23.3. The first-order valence-electron chi connectivity index (χ1n) is 11.6. The third kappa shape index (κ3) is 5.38. The second kappa shape index (κ2) is 10.4. The molecule has 174 valence electrons. The average Bonchev–Trinajstić information content (AvgIpc) is 3.28. The second-order valence-corrected chi connectivity index (χ2v) is 10.0. The van der Waals surface area contributed by atoms with Crippen molar-refractivity contribution in [3.8, 4) is 0 Å². The maximum atomic E-state index is 13.3. The second-order valence-electron chi connectivity index (χ2n) is 8.73. The average molecular weight is 466 g/mol. The van der Waals surface area contributed by atoms with E-state index in [0.717, 1.165) is 19.3 Å². The van der Waals surface area contributed by atoms with Gasteiger partial charge in [0.05, 0.1) is 22.3 Å². The topological polar surface area (TPSA) is 81.8 Å². The van der Waals surface area contributed by atoms with Gasteiger partial charge in [0.25, 0.3) is 5.56 Å². The summed E-state index contributed by atoms with van der Waals surface area (Å²) in [6.45, 7) is 6.44. The van der Waals surface area contributed by atoms with Gasteiger partial charge in [-0.3, -0.25) is 14.2 Å². The quantitative estimate of drug-likeness (QED) is 0.281. The monoisotopic (exact) mass is 465 g/mol. The minimum Gasteiger partial charge on any atom is -0.310 e. The molecule has 2 aromatic heterocycles. The Morgan fingerprint density at radius 2 is 2.00 bits per heavy atom. The van der Waals surface area contributed by atoms with Crippen LogP contribution in [0.3, 0.4) is 0 Å². The van der Waals surface area contributed by atoms with E-state index in [9.17, 15) is 9.59 Å². The number of anilines is 1. The van der Waals surface area contributed by atoms with Crippen LogP contribution in [0.2, 0.25) is 0 Å². The number of rotatable bonds is 8. The zero-order chi connectivity index (χ0) is 23.4. The van der Waals surface area contributed by atoms with Gasteiger partial charge in [0.15, 0.2) is 5.16 Å². The molecular weight excluding hydrogens is 434 g/mol. The molecule has 0 saturated carbocycles. The summed E-state index contributed by atoms with van der Waals surface area (Å²) in [5.74, 6) is 0.516. The van der Waals surface area contributed by atoms with E-state index < -0.39 is 5.25 Å². The molecule has 1 aliphatic rings. The van der Waals surface area contributed by atoms with Crippen molar-refractivity contribution in [1.82, 2.24) is 19.3 Å². The summed E-state index contributed by atoms with van der Waals surface area (Å²) in [7, 11) is 0. The number of hydrogen-bond donors (Lipinski definition) is 1. The van der Waals surface area contributed by atoms with E-state index in [4.69, 9.17) is 4.98 Å². The largest absolute Gasteiger partial charge is 0.310 e. The number of hydrogen-bond acceptors (Lipinski definition) is 5. The highest BCUT2D eigenvalue weighted by Gasteiger charge is 2.21. The normalized spacial score (nSPS) is 15.0. The minimum absolute atomic E-state index is 0.0509. The number of nitrogens with one attached hydrogen (secondary N) is 1. The summed E-state index contributed by atoms with van der Waals surface area (Å²) < 4.78 is 3.52. The summed E-state index contributed by atoms with van der Waals surface area (Å²) >= 11 is 1.32. The Kier molecular flexibility index (Phi) is 7.33. The van der Waals surface area contributed by atoms with Crippen LogP contribution in [0, 0.1) is 0 Å². The summed E-state index contributed by atoms with van der Waals surface area (Å²) in [4.78, 5) is 31.1. The Bertz CT molecular complexity index is 1230. The number of amides is 1. The fourth-order valence-electron chi connectivity index (χ4n) is 4.09. The van der Waals surface area contributed by atoms with Crippen LogP contribution in [0.15, 0.2) is 58.1 Å². The smallest absolute Gasteiger partial charge is 0.262 e. The SMILES string of the molecule is CC(Sc1nc2ccccc2c(=O)n1CCC1=CCCCC1)C(=O)Nc1ccnn1C(C)C. The van der Waals surface area contributed by atoms with Crippen LogP contribution in [0.5, 0.6) is 0 Å². The third-order valence-electron chi connectivity index (χ3n) is 5.93. The number of nitrogens with zero attached hydrogens (tertiary/aromatic N) is 4. The van der Waals surface area contributed by atoms with E-state index in [-0.39, 0.29) is 17.5 Å². The van der Waals surface area contributed by atoms with Crippen molar-refractivity contribution in [2.45, 2.75) is 75.9 Å². The lowest BCUT2D eigenvalue weighted by Crippen LogP contribution is -2.28. The Morgan fingerprint density at radius 3 is 2.76 bits per heavy atom. The van der Waals surface area contributed by atoms with E-state index in [1.54, 1.807) is 21.5 Å². The van der Waals surface area contributed by atoms with Crippen LogP contribution in [0.1, 0.15) is 58.9 Å². The Morgan fingerprint density at radius 1 is 1.18 bits per heavy atom. The van der Waals surface area contributed by atoms with Crippen LogP contribution in [0.4, 0.5) is 5.82 Å². The zero-order valence-electron chi connectivity index (χ0n) is 19.5.